The fourth-order valence-electron chi connectivity index (χ4n) is 4.25. The molecular formula is C30H26N2O3. The average molecular weight is 463 g/mol. The monoisotopic (exact) mass is 462 g/mol. The highest BCUT2D eigenvalue weighted by atomic mass is 16.5. The maximum absolute atomic E-state index is 12.3. The summed E-state index contributed by atoms with van der Waals surface area (Å²) in [5.74, 6) is 6.13. The highest BCUT2D eigenvalue weighted by molar-refractivity contribution is 6.06. The summed E-state index contributed by atoms with van der Waals surface area (Å²) in [4.78, 5) is 18.9. The summed E-state index contributed by atoms with van der Waals surface area (Å²) < 4.78 is 10.4. The number of hydrogen-bond donors (Lipinski definition) is 0. The van der Waals surface area contributed by atoms with E-state index in [2.05, 4.69) is 52.1 Å². The van der Waals surface area contributed by atoms with E-state index in [1.165, 1.54) is 12.7 Å². The number of rotatable bonds is 4. The first-order valence-corrected chi connectivity index (χ1v) is 11.7. The Kier molecular flexibility index (Phi) is 6.85. The molecule has 2 heterocycles. The van der Waals surface area contributed by atoms with Gasteiger partial charge in [-0.1, -0.05) is 36.1 Å². The number of pyridine rings is 1. The molecule has 5 rings (SSSR count). The summed E-state index contributed by atoms with van der Waals surface area (Å²) >= 11 is 0. The predicted octanol–water partition coefficient (Wildman–Crippen LogP) is 4.92. The van der Waals surface area contributed by atoms with Gasteiger partial charge in [0, 0.05) is 48.5 Å². The third-order valence-corrected chi connectivity index (χ3v) is 6.19. The lowest BCUT2D eigenvalue weighted by Gasteiger charge is -2.26. The minimum atomic E-state index is -0.372. The van der Waals surface area contributed by atoms with Crippen LogP contribution in [0.25, 0.3) is 21.9 Å². The van der Waals surface area contributed by atoms with Gasteiger partial charge in [0.15, 0.2) is 0 Å². The second-order valence-electron chi connectivity index (χ2n) is 8.52. The second-order valence-corrected chi connectivity index (χ2v) is 8.52. The number of methoxy groups -OCH3 is 1. The quantitative estimate of drug-likeness (QED) is 0.318. The molecule has 0 aliphatic carbocycles. The van der Waals surface area contributed by atoms with E-state index >= 15 is 0 Å². The zero-order valence-corrected chi connectivity index (χ0v) is 19.7. The first-order chi connectivity index (χ1) is 17.2. The number of hydrogen-bond acceptors (Lipinski definition) is 5. The van der Waals surface area contributed by atoms with Gasteiger partial charge in [-0.2, -0.15) is 0 Å². The Morgan fingerprint density at radius 2 is 1.63 bits per heavy atom. The van der Waals surface area contributed by atoms with Crippen LogP contribution in [0, 0.1) is 11.8 Å². The Morgan fingerprint density at radius 3 is 2.31 bits per heavy atom. The maximum Gasteiger partial charge on any atom is 0.338 e. The topological polar surface area (TPSA) is 51.7 Å². The van der Waals surface area contributed by atoms with Crippen LogP contribution >= 0.6 is 0 Å². The van der Waals surface area contributed by atoms with Crippen molar-refractivity contribution in [2.24, 2.45) is 0 Å². The number of carbonyl (C=O) groups excluding carboxylic acids is 1. The number of aromatic nitrogens is 1. The molecule has 0 radical (unpaired) electrons. The molecule has 1 aliphatic heterocycles. The molecule has 0 saturated carbocycles. The number of morpholine rings is 1. The van der Waals surface area contributed by atoms with Crippen LogP contribution in [-0.4, -0.2) is 49.3 Å². The molecule has 35 heavy (non-hydrogen) atoms. The molecule has 1 aromatic heterocycles. The lowest BCUT2D eigenvalue weighted by Crippen LogP contribution is -2.35. The lowest BCUT2D eigenvalue weighted by atomic mass is 9.97. The molecule has 0 bridgehead atoms. The molecule has 3 aromatic carbocycles. The summed E-state index contributed by atoms with van der Waals surface area (Å²) in [5.41, 5.74) is 5.68. The van der Waals surface area contributed by atoms with Crippen molar-refractivity contribution in [1.82, 2.24) is 9.88 Å². The first-order valence-electron chi connectivity index (χ1n) is 11.7. The zero-order valence-electron chi connectivity index (χ0n) is 19.7. The molecule has 1 fully saturated rings. The summed E-state index contributed by atoms with van der Waals surface area (Å²) in [6.45, 7) is 4.54. The van der Waals surface area contributed by atoms with Crippen molar-refractivity contribution in [2.45, 2.75) is 6.54 Å². The molecule has 174 valence electrons. The van der Waals surface area contributed by atoms with Crippen LogP contribution in [-0.2, 0) is 16.0 Å². The Balaban J connectivity index is 1.32. The van der Waals surface area contributed by atoms with Gasteiger partial charge >= 0.3 is 5.97 Å². The third-order valence-electron chi connectivity index (χ3n) is 6.19. The summed E-state index contributed by atoms with van der Waals surface area (Å²) in [5, 5.41) is 1.72. The van der Waals surface area contributed by atoms with E-state index in [0.29, 0.717) is 5.56 Å². The van der Waals surface area contributed by atoms with Crippen molar-refractivity contribution >= 4 is 16.7 Å². The van der Waals surface area contributed by atoms with Crippen LogP contribution in [0.4, 0.5) is 0 Å². The highest BCUT2D eigenvalue weighted by Gasteiger charge is 2.13. The van der Waals surface area contributed by atoms with E-state index < -0.39 is 0 Å². The third kappa shape index (κ3) is 5.41. The van der Waals surface area contributed by atoms with E-state index in [4.69, 9.17) is 9.47 Å². The van der Waals surface area contributed by atoms with Crippen molar-refractivity contribution in [3.63, 3.8) is 0 Å². The molecule has 1 saturated heterocycles. The van der Waals surface area contributed by atoms with Crippen LogP contribution in [0.15, 0.2) is 79.1 Å². The van der Waals surface area contributed by atoms with E-state index in [-0.39, 0.29) is 5.97 Å². The van der Waals surface area contributed by atoms with Crippen LogP contribution in [0.5, 0.6) is 0 Å². The predicted molar refractivity (Wildman–Crippen MR) is 137 cm³/mol. The van der Waals surface area contributed by atoms with Gasteiger partial charge in [-0.3, -0.25) is 9.88 Å². The van der Waals surface area contributed by atoms with Crippen molar-refractivity contribution in [2.75, 3.05) is 33.4 Å². The summed E-state index contributed by atoms with van der Waals surface area (Å²) in [6.07, 6.45) is 3.42. The lowest BCUT2D eigenvalue weighted by molar-refractivity contribution is 0.0342. The number of fused-ring (bicyclic) bond motifs is 1. The van der Waals surface area contributed by atoms with Crippen molar-refractivity contribution in [3.8, 4) is 23.0 Å². The van der Waals surface area contributed by atoms with Crippen LogP contribution in [0.3, 0.4) is 0 Å². The number of carbonyl (C=O) groups is 1. The molecule has 5 heteroatoms. The molecule has 0 spiro atoms. The van der Waals surface area contributed by atoms with Gasteiger partial charge in [0.1, 0.15) is 0 Å². The zero-order chi connectivity index (χ0) is 24.0. The molecular weight excluding hydrogens is 436 g/mol. The van der Waals surface area contributed by atoms with E-state index in [9.17, 15) is 4.79 Å². The standard InChI is InChI=1S/C30H26N2O3/c1-34-30(33)28-19-27(18-26-12-13-31-20-29(26)28)25-10-8-23(9-11-25)3-2-22-4-6-24(7-5-22)21-32-14-16-35-17-15-32/h4-13,18-20H,14-17,21H2,1H3. The second kappa shape index (κ2) is 10.5. The van der Waals surface area contributed by atoms with Crippen LogP contribution in [0.1, 0.15) is 27.0 Å². The van der Waals surface area contributed by atoms with E-state index in [1.807, 2.05) is 36.4 Å². The number of nitrogens with zero attached hydrogens (tertiary/aromatic N) is 2. The number of benzene rings is 3. The Hall–Kier alpha value is -3.98. The fourth-order valence-corrected chi connectivity index (χ4v) is 4.25. The Bertz CT molecular complexity index is 1390. The molecule has 4 aromatic rings. The SMILES string of the molecule is COC(=O)c1cc(-c2ccc(C#Cc3ccc(CN4CCOCC4)cc3)cc2)cc2ccncc12. The molecule has 0 N–H and O–H groups in total. The Labute approximate surface area is 205 Å². The average Bonchev–Trinajstić information content (AvgIpc) is 2.92. The normalized spacial score (nSPS) is 13.7. The molecule has 5 nitrogen and oxygen atoms in total. The van der Waals surface area contributed by atoms with Gasteiger partial charge in [-0.25, -0.2) is 4.79 Å². The van der Waals surface area contributed by atoms with Crippen molar-refractivity contribution < 1.29 is 14.3 Å². The summed E-state index contributed by atoms with van der Waals surface area (Å²) in [6, 6.07) is 22.3. The first kappa shape index (κ1) is 22.8. The molecule has 0 atom stereocenters. The number of esters is 1. The van der Waals surface area contributed by atoms with Gasteiger partial charge in [0.2, 0.25) is 0 Å². The summed E-state index contributed by atoms with van der Waals surface area (Å²) in [7, 11) is 1.39. The van der Waals surface area contributed by atoms with Gasteiger partial charge < -0.3 is 9.47 Å². The van der Waals surface area contributed by atoms with Crippen molar-refractivity contribution in [3.05, 3.63) is 101 Å². The Morgan fingerprint density at radius 1 is 0.943 bits per heavy atom. The largest absolute Gasteiger partial charge is 0.465 e. The van der Waals surface area contributed by atoms with Crippen LogP contribution < -0.4 is 0 Å². The van der Waals surface area contributed by atoms with Crippen molar-refractivity contribution in [1.29, 1.82) is 0 Å². The maximum atomic E-state index is 12.3. The van der Waals surface area contributed by atoms with Gasteiger partial charge in [0.25, 0.3) is 0 Å². The van der Waals surface area contributed by atoms with E-state index in [0.717, 1.165) is 65.9 Å². The van der Waals surface area contributed by atoms with Crippen LogP contribution in [0.2, 0.25) is 0 Å². The van der Waals surface area contributed by atoms with Gasteiger partial charge in [0.05, 0.1) is 25.9 Å². The molecule has 1 aliphatic rings. The smallest absolute Gasteiger partial charge is 0.338 e. The number of ether oxygens (including phenoxy) is 2. The molecule has 0 unspecified atom stereocenters. The fraction of sp³-hybridized carbons (Fsp3) is 0.200. The minimum Gasteiger partial charge on any atom is -0.465 e. The van der Waals surface area contributed by atoms with E-state index in [1.54, 1.807) is 12.4 Å². The van der Waals surface area contributed by atoms with Gasteiger partial charge in [-0.05, 0) is 64.5 Å². The van der Waals surface area contributed by atoms with Gasteiger partial charge in [-0.15, -0.1) is 0 Å². The molecule has 0 amide bonds. The highest BCUT2D eigenvalue weighted by Crippen LogP contribution is 2.28. The minimum absolute atomic E-state index is 0.372.